The highest BCUT2D eigenvalue weighted by Crippen LogP contribution is 2.63. The van der Waals surface area contributed by atoms with E-state index in [4.69, 9.17) is 15.0 Å². The number of aromatic nitrogens is 4. The number of para-hydroxylation sites is 3. The van der Waals surface area contributed by atoms with Crippen molar-refractivity contribution in [1.29, 1.82) is 0 Å². The Hall–Kier alpha value is -9.19. The van der Waals surface area contributed by atoms with Crippen LogP contribution in [0, 0.1) is 0 Å². The van der Waals surface area contributed by atoms with Gasteiger partial charge in [-0.05, 0) is 104 Å². The number of nitrogens with zero attached hydrogens (tertiary/aromatic N) is 5. The van der Waals surface area contributed by atoms with Crippen molar-refractivity contribution in [3.05, 3.63) is 271 Å². The van der Waals surface area contributed by atoms with E-state index >= 15 is 0 Å². The van der Waals surface area contributed by atoms with E-state index in [1.807, 2.05) is 36.4 Å². The van der Waals surface area contributed by atoms with Gasteiger partial charge in [0, 0.05) is 27.6 Å². The molecule has 1 spiro atoms. The smallest absolute Gasteiger partial charge is 0.238 e. The Bertz CT molecular complexity index is 3870. The quantitative estimate of drug-likeness (QED) is 0.167. The number of benzene rings is 10. The molecule has 0 N–H and O–H groups in total. The summed E-state index contributed by atoms with van der Waals surface area (Å²) in [5, 5.41) is 2.45. The van der Waals surface area contributed by atoms with E-state index in [1.165, 1.54) is 77.4 Å². The Balaban J connectivity index is 0.964. The molecular weight excluding hydrogens is 839 g/mol. The van der Waals surface area contributed by atoms with Crippen LogP contribution in [-0.4, -0.2) is 19.5 Å². The van der Waals surface area contributed by atoms with Crippen LogP contribution in [0.5, 0.6) is 0 Å². The highest BCUT2D eigenvalue weighted by molar-refractivity contribution is 6.10. The van der Waals surface area contributed by atoms with Crippen LogP contribution < -0.4 is 4.90 Å². The van der Waals surface area contributed by atoms with Crippen LogP contribution in [0.4, 0.5) is 17.3 Å². The predicted octanol–water partition coefficient (Wildman–Crippen LogP) is 15.8. The molecule has 0 saturated heterocycles. The van der Waals surface area contributed by atoms with Crippen molar-refractivity contribution in [2.24, 2.45) is 0 Å². The number of anilines is 3. The topological polar surface area (TPSA) is 46.8 Å². The zero-order chi connectivity index (χ0) is 45.5. The van der Waals surface area contributed by atoms with Crippen molar-refractivity contribution in [2.45, 2.75) is 5.41 Å². The molecule has 2 aromatic heterocycles. The fourth-order valence-electron chi connectivity index (χ4n) is 11.3. The van der Waals surface area contributed by atoms with Crippen molar-refractivity contribution in [3.63, 3.8) is 0 Å². The van der Waals surface area contributed by atoms with Gasteiger partial charge in [0.2, 0.25) is 5.95 Å². The molecule has 1 aliphatic heterocycles. The second-order valence-corrected chi connectivity index (χ2v) is 17.9. The summed E-state index contributed by atoms with van der Waals surface area (Å²) in [6.45, 7) is 0. The van der Waals surface area contributed by atoms with Gasteiger partial charge >= 0.3 is 0 Å². The van der Waals surface area contributed by atoms with Crippen molar-refractivity contribution in [1.82, 2.24) is 19.5 Å². The van der Waals surface area contributed by atoms with Crippen molar-refractivity contribution in [3.8, 4) is 61.8 Å². The van der Waals surface area contributed by atoms with E-state index in [0.29, 0.717) is 17.6 Å². The van der Waals surface area contributed by atoms with Gasteiger partial charge in [-0.1, -0.05) is 200 Å². The van der Waals surface area contributed by atoms with Crippen LogP contribution in [0.3, 0.4) is 0 Å². The molecule has 5 nitrogen and oxygen atoms in total. The Morgan fingerprint density at radius 3 is 1.51 bits per heavy atom. The second-order valence-electron chi connectivity index (χ2n) is 17.9. The molecule has 0 unspecified atom stereocenters. The Morgan fingerprint density at radius 1 is 0.304 bits per heavy atom. The minimum absolute atomic E-state index is 0.567. The number of fused-ring (bicyclic) bond motifs is 12. The lowest BCUT2D eigenvalue weighted by atomic mass is 9.64. The van der Waals surface area contributed by atoms with E-state index in [2.05, 4.69) is 222 Å². The Labute approximate surface area is 399 Å². The first kappa shape index (κ1) is 39.0. The Kier molecular flexibility index (Phi) is 8.73. The largest absolute Gasteiger partial charge is 0.309 e. The van der Waals surface area contributed by atoms with Gasteiger partial charge in [0.25, 0.3) is 0 Å². The summed E-state index contributed by atoms with van der Waals surface area (Å²) in [4.78, 5) is 17.9. The third-order valence-electron chi connectivity index (χ3n) is 14.2. The molecule has 0 bridgehead atoms. The molecule has 0 saturated carbocycles. The minimum Gasteiger partial charge on any atom is -0.309 e. The second kappa shape index (κ2) is 15.4. The lowest BCUT2D eigenvalue weighted by Gasteiger charge is -2.44. The standard InChI is InChI=1S/C64H41N5/c1-4-19-42(20-5-1)45-25-18-26-48(39-45)68-57-32-15-11-28-51(57)52-40-46(36-38-58(52)68)47-35-37-50-49-27-10-12-29-53(49)64(56(50)41-47)54-30-13-16-33-59(54)69(60-34-17-14-31-55(60)64)63-66-61(43-21-6-2-7-22-43)65-62(67-63)44-23-8-3-9-24-44/h1-41H. The van der Waals surface area contributed by atoms with Crippen molar-refractivity contribution >= 4 is 39.1 Å². The van der Waals surface area contributed by atoms with Crippen LogP contribution in [0.1, 0.15) is 22.3 Å². The van der Waals surface area contributed by atoms with E-state index < -0.39 is 5.41 Å². The maximum atomic E-state index is 5.30. The molecule has 14 rings (SSSR count). The first-order chi connectivity index (χ1) is 34.2. The molecule has 1 aliphatic carbocycles. The van der Waals surface area contributed by atoms with Gasteiger partial charge in [0.1, 0.15) is 0 Å². The number of hydrogen-bond donors (Lipinski definition) is 0. The van der Waals surface area contributed by atoms with Crippen LogP contribution in [0.25, 0.3) is 83.6 Å². The maximum absolute atomic E-state index is 5.30. The van der Waals surface area contributed by atoms with Crippen LogP contribution in [0.2, 0.25) is 0 Å². The molecular formula is C64H41N5. The third-order valence-corrected chi connectivity index (χ3v) is 14.2. The van der Waals surface area contributed by atoms with Gasteiger partial charge in [0.05, 0.1) is 27.8 Å². The fourth-order valence-corrected chi connectivity index (χ4v) is 11.3. The van der Waals surface area contributed by atoms with Gasteiger partial charge in [-0.3, -0.25) is 4.90 Å². The molecule has 3 heterocycles. The van der Waals surface area contributed by atoms with Gasteiger partial charge in [-0.15, -0.1) is 0 Å². The van der Waals surface area contributed by atoms with Gasteiger partial charge in [0.15, 0.2) is 11.6 Å². The zero-order valence-electron chi connectivity index (χ0n) is 37.4. The van der Waals surface area contributed by atoms with Gasteiger partial charge in [-0.25, -0.2) is 4.98 Å². The molecule has 2 aliphatic rings. The first-order valence-corrected chi connectivity index (χ1v) is 23.5. The summed E-state index contributed by atoms with van der Waals surface area (Å²) in [6.07, 6.45) is 0. The first-order valence-electron chi connectivity index (χ1n) is 23.5. The third kappa shape index (κ3) is 5.94. The average molecular weight is 880 g/mol. The molecule has 0 amide bonds. The molecule has 0 atom stereocenters. The normalized spacial score (nSPS) is 13.0. The monoisotopic (exact) mass is 879 g/mol. The van der Waals surface area contributed by atoms with E-state index in [-0.39, 0.29) is 0 Å². The fraction of sp³-hybridized carbons (Fsp3) is 0.0156. The number of hydrogen-bond acceptors (Lipinski definition) is 4. The molecule has 10 aromatic carbocycles. The molecule has 0 radical (unpaired) electrons. The van der Waals surface area contributed by atoms with E-state index in [1.54, 1.807) is 0 Å². The summed E-state index contributed by atoms with van der Waals surface area (Å²) in [6, 6.07) is 89.5. The molecule has 5 heteroatoms. The summed E-state index contributed by atoms with van der Waals surface area (Å²) < 4.78 is 2.41. The van der Waals surface area contributed by atoms with Crippen LogP contribution in [0.15, 0.2) is 249 Å². The van der Waals surface area contributed by atoms with Gasteiger partial charge in [-0.2, -0.15) is 9.97 Å². The maximum Gasteiger partial charge on any atom is 0.238 e. The predicted molar refractivity (Wildman–Crippen MR) is 281 cm³/mol. The lowest BCUT2D eigenvalue weighted by molar-refractivity contribution is 0.749. The van der Waals surface area contributed by atoms with Crippen molar-refractivity contribution < 1.29 is 0 Å². The Morgan fingerprint density at radius 2 is 0.812 bits per heavy atom. The van der Waals surface area contributed by atoms with Crippen molar-refractivity contribution in [2.75, 3.05) is 4.90 Å². The summed E-state index contributed by atoms with van der Waals surface area (Å²) in [7, 11) is 0. The minimum atomic E-state index is -0.646. The summed E-state index contributed by atoms with van der Waals surface area (Å²) >= 11 is 0. The molecule has 12 aromatic rings. The zero-order valence-corrected chi connectivity index (χ0v) is 37.4. The van der Waals surface area contributed by atoms with E-state index in [9.17, 15) is 0 Å². The highest BCUT2D eigenvalue weighted by atomic mass is 15.3. The van der Waals surface area contributed by atoms with E-state index in [0.717, 1.165) is 28.2 Å². The lowest BCUT2D eigenvalue weighted by Crippen LogP contribution is -2.36. The van der Waals surface area contributed by atoms with Crippen LogP contribution in [-0.2, 0) is 5.41 Å². The van der Waals surface area contributed by atoms with Gasteiger partial charge < -0.3 is 4.57 Å². The summed E-state index contributed by atoms with van der Waals surface area (Å²) in [5.74, 6) is 1.81. The number of rotatable bonds is 6. The molecule has 69 heavy (non-hydrogen) atoms. The molecule has 322 valence electrons. The van der Waals surface area contributed by atoms with Crippen LogP contribution >= 0.6 is 0 Å². The average Bonchev–Trinajstić information content (AvgIpc) is 3.92. The summed E-state index contributed by atoms with van der Waals surface area (Å²) in [5.41, 5.74) is 18.8. The highest BCUT2D eigenvalue weighted by Gasteiger charge is 2.52. The SMILES string of the molecule is c1ccc(-c2cccc(-n3c4ccccc4c4cc(-c5ccc6c(c5)C5(c7ccccc7-6)c6ccccc6N(c6nc(-c7ccccc7)nc(-c7ccccc7)n6)c6ccccc65)ccc43)c2)cc1. The molecule has 0 fully saturated rings.